The Morgan fingerprint density at radius 2 is 1.63 bits per heavy atom. The molecular formula is C17H21NO. The highest BCUT2D eigenvalue weighted by atomic mass is 16.3. The zero-order valence-electron chi connectivity index (χ0n) is 11.6. The maximum absolute atomic E-state index is 9.50. The van der Waals surface area contributed by atoms with Crippen molar-refractivity contribution in [3.63, 3.8) is 0 Å². The number of rotatable bonds is 5. The average molecular weight is 255 g/mol. The Bertz CT molecular complexity index is 502. The summed E-state index contributed by atoms with van der Waals surface area (Å²) in [6.07, 6.45) is 0. The summed E-state index contributed by atoms with van der Waals surface area (Å²) in [6.45, 7) is 5.09. The first-order valence-corrected chi connectivity index (χ1v) is 6.65. The van der Waals surface area contributed by atoms with Gasteiger partial charge >= 0.3 is 0 Å². The van der Waals surface area contributed by atoms with Crippen LogP contribution in [-0.4, -0.2) is 11.7 Å². The molecule has 1 unspecified atom stereocenters. The Morgan fingerprint density at radius 3 is 2.21 bits per heavy atom. The molecule has 2 heteroatoms. The van der Waals surface area contributed by atoms with E-state index in [2.05, 4.69) is 37.4 Å². The van der Waals surface area contributed by atoms with Gasteiger partial charge in [0.1, 0.15) is 0 Å². The fourth-order valence-electron chi connectivity index (χ4n) is 2.39. The standard InChI is InChI=1S/C17H21NO/c1-13-8-14(2)10-15(9-13)11-18-17(12-19)16-6-4-3-5-7-16/h3-10,17-19H,11-12H2,1-2H3. The van der Waals surface area contributed by atoms with Crippen LogP contribution in [0.1, 0.15) is 28.3 Å². The van der Waals surface area contributed by atoms with E-state index in [0.717, 1.165) is 12.1 Å². The van der Waals surface area contributed by atoms with Crippen LogP contribution in [0, 0.1) is 13.8 Å². The summed E-state index contributed by atoms with van der Waals surface area (Å²) in [5, 5.41) is 12.9. The van der Waals surface area contributed by atoms with Gasteiger partial charge in [-0.25, -0.2) is 0 Å². The third kappa shape index (κ3) is 3.91. The van der Waals surface area contributed by atoms with Crippen molar-refractivity contribution in [2.75, 3.05) is 6.61 Å². The van der Waals surface area contributed by atoms with Crippen molar-refractivity contribution in [1.29, 1.82) is 0 Å². The van der Waals surface area contributed by atoms with Crippen molar-refractivity contribution in [3.8, 4) is 0 Å². The molecule has 100 valence electrons. The summed E-state index contributed by atoms with van der Waals surface area (Å²) in [4.78, 5) is 0. The second kappa shape index (κ2) is 6.50. The molecule has 2 nitrogen and oxygen atoms in total. The topological polar surface area (TPSA) is 32.3 Å². The van der Waals surface area contributed by atoms with E-state index in [-0.39, 0.29) is 12.6 Å². The molecule has 19 heavy (non-hydrogen) atoms. The fourth-order valence-corrected chi connectivity index (χ4v) is 2.39. The van der Waals surface area contributed by atoms with Crippen LogP contribution in [0.3, 0.4) is 0 Å². The van der Waals surface area contributed by atoms with Gasteiger partial charge in [-0.3, -0.25) is 0 Å². The molecule has 0 aromatic heterocycles. The smallest absolute Gasteiger partial charge is 0.0626 e. The van der Waals surface area contributed by atoms with Crippen molar-refractivity contribution in [1.82, 2.24) is 5.32 Å². The van der Waals surface area contributed by atoms with Gasteiger partial charge < -0.3 is 10.4 Å². The lowest BCUT2D eigenvalue weighted by Gasteiger charge is -2.17. The van der Waals surface area contributed by atoms with E-state index in [4.69, 9.17) is 0 Å². The summed E-state index contributed by atoms with van der Waals surface area (Å²) in [5.41, 5.74) is 4.93. The highest BCUT2D eigenvalue weighted by Gasteiger charge is 2.09. The molecule has 0 bridgehead atoms. The van der Waals surface area contributed by atoms with Gasteiger partial charge in [0.25, 0.3) is 0 Å². The van der Waals surface area contributed by atoms with E-state index in [1.165, 1.54) is 16.7 Å². The van der Waals surface area contributed by atoms with Crippen LogP contribution in [0.15, 0.2) is 48.5 Å². The molecule has 1 atom stereocenters. The Hall–Kier alpha value is -1.64. The monoisotopic (exact) mass is 255 g/mol. The normalized spacial score (nSPS) is 12.4. The zero-order valence-corrected chi connectivity index (χ0v) is 11.6. The maximum atomic E-state index is 9.50. The molecule has 0 amide bonds. The highest BCUT2D eigenvalue weighted by Crippen LogP contribution is 2.14. The average Bonchev–Trinajstić information content (AvgIpc) is 2.39. The molecule has 2 aromatic carbocycles. The predicted molar refractivity (Wildman–Crippen MR) is 79.0 cm³/mol. The second-order valence-corrected chi connectivity index (χ2v) is 5.02. The number of aliphatic hydroxyl groups excluding tert-OH is 1. The largest absolute Gasteiger partial charge is 0.394 e. The molecule has 2 rings (SSSR count). The third-order valence-electron chi connectivity index (χ3n) is 3.22. The van der Waals surface area contributed by atoms with E-state index in [9.17, 15) is 5.11 Å². The Kier molecular flexibility index (Phi) is 4.72. The minimum atomic E-state index is -0.0120. The van der Waals surface area contributed by atoms with E-state index in [0.29, 0.717) is 0 Å². The second-order valence-electron chi connectivity index (χ2n) is 5.02. The molecule has 0 heterocycles. The SMILES string of the molecule is Cc1cc(C)cc(CNC(CO)c2ccccc2)c1. The van der Waals surface area contributed by atoms with Gasteiger partial charge in [0.2, 0.25) is 0 Å². The number of nitrogens with one attached hydrogen (secondary N) is 1. The first-order chi connectivity index (χ1) is 9.19. The number of hydrogen-bond acceptors (Lipinski definition) is 2. The molecular weight excluding hydrogens is 234 g/mol. The van der Waals surface area contributed by atoms with Crippen molar-refractivity contribution < 1.29 is 5.11 Å². The van der Waals surface area contributed by atoms with Crippen LogP contribution in [0.25, 0.3) is 0 Å². The van der Waals surface area contributed by atoms with Gasteiger partial charge in [-0.1, -0.05) is 59.7 Å². The molecule has 0 radical (unpaired) electrons. The summed E-state index contributed by atoms with van der Waals surface area (Å²) in [7, 11) is 0. The molecule has 0 fully saturated rings. The van der Waals surface area contributed by atoms with Gasteiger partial charge in [-0.15, -0.1) is 0 Å². The van der Waals surface area contributed by atoms with Crippen LogP contribution >= 0.6 is 0 Å². The quantitative estimate of drug-likeness (QED) is 0.860. The third-order valence-corrected chi connectivity index (χ3v) is 3.22. The molecule has 0 saturated heterocycles. The molecule has 0 saturated carbocycles. The lowest BCUT2D eigenvalue weighted by molar-refractivity contribution is 0.243. The minimum absolute atomic E-state index is 0.0120. The highest BCUT2D eigenvalue weighted by molar-refractivity contribution is 5.28. The minimum Gasteiger partial charge on any atom is -0.394 e. The van der Waals surface area contributed by atoms with Crippen molar-refractivity contribution >= 4 is 0 Å². The van der Waals surface area contributed by atoms with Crippen molar-refractivity contribution in [3.05, 3.63) is 70.8 Å². The summed E-state index contributed by atoms with van der Waals surface area (Å²) >= 11 is 0. The maximum Gasteiger partial charge on any atom is 0.0626 e. The number of hydrogen-bond donors (Lipinski definition) is 2. The Morgan fingerprint density at radius 1 is 1.00 bits per heavy atom. The fraction of sp³-hybridized carbons (Fsp3) is 0.294. The molecule has 0 aliphatic heterocycles. The Labute approximate surface area is 115 Å². The number of aryl methyl sites for hydroxylation is 2. The van der Waals surface area contributed by atoms with E-state index < -0.39 is 0 Å². The van der Waals surface area contributed by atoms with E-state index in [1.54, 1.807) is 0 Å². The first-order valence-electron chi connectivity index (χ1n) is 6.65. The van der Waals surface area contributed by atoms with Crippen LogP contribution < -0.4 is 5.32 Å². The van der Waals surface area contributed by atoms with Crippen LogP contribution in [0.4, 0.5) is 0 Å². The first kappa shape index (κ1) is 13.8. The van der Waals surface area contributed by atoms with Crippen molar-refractivity contribution in [2.24, 2.45) is 0 Å². The lowest BCUT2D eigenvalue weighted by Crippen LogP contribution is -2.24. The van der Waals surface area contributed by atoms with Gasteiger partial charge in [0, 0.05) is 6.54 Å². The molecule has 0 aliphatic rings. The molecule has 0 aliphatic carbocycles. The van der Waals surface area contributed by atoms with Crippen molar-refractivity contribution in [2.45, 2.75) is 26.4 Å². The lowest BCUT2D eigenvalue weighted by atomic mass is 10.1. The van der Waals surface area contributed by atoms with Gasteiger partial charge in [-0.05, 0) is 25.0 Å². The number of benzene rings is 2. The molecule has 2 aromatic rings. The molecule has 0 spiro atoms. The van der Waals surface area contributed by atoms with Crippen LogP contribution in [0.5, 0.6) is 0 Å². The van der Waals surface area contributed by atoms with Gasteiger partial charge in [-0.2, -0.15) is 0 Å². The predicted octanol–water partition coefficient (Wildman–Crippen LogP) is 3.13. The van der Waals surface area contributed by atoms with E-state index >= 15 is 0 Å². The molecule has 2 N–H and O–H groups in total. The Balaban J connectivity index is 2.04. The summed E-state index contributed by atoms with van der Waals surface area (Å²) < 4.78 is 0. The number of aliphatic hydroxyl groups is 1. The summed E-state index contributed by atoms with van der Waals surface area (Å²) in [5.74, 6) is 0. The summed E-state index contributed by atoms with van der Waals surface area (Å²) in [6, 6.07) is 16.6. The van der Waals surface area contributed by atoms with Gasteiger partial charge in [0.05, 0.1) is 12.6 Å². The van der Waals surface area contributed by atoms with Crippen LogP contribution in [-0.2, 0) is 6.54 Å². The van der Waals surface area contributed by atoms with Gasteiger partial charge in [0.15, 0.2) is 0 Å². The van der Waals surface area contributed by atoms with E-state index in [1.807, 2.05) is 30.3 Å². The zero-order chi connectivity index (χ0) is 13.7. The van der Waals surface area contributed by atoms with Crippen LogP contribution in [0.2, 0.25) is 0 Å².